The summed E-state index contributed by atoms with van der Waals surface area (Å²) >= 11 is 0. The van der Waals surface area contributed by atoms with Gasteiger partial charge in [0.25, 0.3) is 11.8 Å². The molecule has 0 radical (unpaired) electrons. The lowest BCUT2D eigenvalue weighted by Crippen LogP contribution is -2.15. The fourth-order valence-corrected chi connectivity index (χ4v) is 5.77. The Morgan fingerprint density at radius 2 is 0.978 bits per heavy atom. The van der Waals surface area contributed by atoms with Gasteiger partial charge in [-0.25, -0.2) is 9.97 Å². The maximum atomic E-state index is 6.07. The normalized spacial score (nSPS) is 14.1. The van der Waals surface area contributed by atoms with Crippen molar-refractivity contribution in [3.05, 3.63) is 94.3 Å². The number of rotatable bonds is 14. The van der Waals surface area contributed by atoms with Crippen LogP contribution in [0, 0.1) is 0 Å². The third kappa shape index (κ3) is 7.24. The van der Waals surface area contributed by atoms with Crippen LogP contribution in [0.25, 0.3) is 0 Å². The third-order valence-electron chi connectivity index (χ3n) is 8.12. The third-order valence-corrected chi connectivity index (χ3v) is 8.12. The van der Waals surface area contributed by atoms with Gasteiger partial charge >= 0.3 is 0 Å². The Labute approximate surface area is 264 Å². The molecule has 236 valence electrons. The van der Waals surface area contributed by atoms with Crippen LogP contribution >= 0.6 is 0 Å². The number of ether oxygens (including phenoxy) is 6. The summed E-state index contributed by atoms with van der Waals surface area (Å²) in [4.78, 5) is 14.3. The molecule has 45 heavy (non-hydrogen) atoms. The van der Waals surface area contributed by atoms with E-state index in [2.05, 4.69) is 34.1 Å². The Kier molecular flexibility index (Phi) is 9.52. The highest BCUT2D eigenvalue weighted by molar-refractivity contribution is 5.42. The maximum absolute atomic E-state index is 6.07. The zero-order valence-electron chi connectivity index (χ0n) is 26.4. The SMILES string of the molecule is COc1ccc(CN2Cc3cc(OC)c(OCCCOc4nc5c(cc4OC)CN(Cc4ccc(OC)cc4)C5)nc3C2)cc1. The summed E-state index contributed by atoms with van der Waals surface area (Å²) in [5.74, 6) is 4.01. The van der Waals surface area contributed by atoms with Crippen LogP contribution < -0.4 is 28.4 Å². The van der Waals surface area contributed by atoms with Crippen molar-refractivity contribution in [2.45, 2.75) is 45.7 Å². The first-order valence-corrected chi connectivity index (χ1v) is 15.1. The zero-order chi connectivity index (χ0) is 31.2. The average Bonchev–Trinajstić information content (AvgIpc) is 3.65. The monoisotopic (exact) mass is 612 g/mol. The number of nitrogens with zero attached hydrogens (tertiary/aromatic N) is 4. The average molecular weight is 613 g/mol. The van der Waals surface area contributed by atoms with Gasteiger partial charge in [-0.2, -0.15) is 0 Å². The molecule has 0 N–H and O–H groups in total. The molecule has 2 aliphatic rings. The van der Waals surface area contributed by atoms with Crippen molar-refractivity contribution in [1.29, 1.82) is 0 Å². The standard InChI is InChI=1S/C35H40N4O6/c1-40-28-10-6-24(7-11-28)18-38-20-26-16-32(42-3)34(36-30(26)22-38)44-14-5-15-45-35-33(43-4)17-27-21-39(23-31(27)37-35)19-25-8-12-29(41-2)13-9-25/h6-13,16-17H,5,14-15,18-23H2,1-4H3. The lowest BCUT2D eigenvalue weighted by atomic mass is 10.2. The van der Waals surface area contributed by atoms with Gasteiger partial charge in [-0.3, -0.25) is 9.80 Å². The number of pyridine rings is 2. The summed E-state index contributed by atoms with van der Waals surface area (Å²) in [6.45, 7) is 5.66. The van der Waals surface area contributed by atoms with E-state index in [0.717, 1.165) is 73.3 Å². The summed E-state index contributed by atoms with van der Waals surface area (Å²) in [6.07, 6.45) is 0.650. The number of methoxy groups -OCH3 is 4. The van der Waals surface area contributed by atoms with Crippen molar-refractivity contribution in [1.82, 2.24) is 19.8 Å². The second kappa shape index (κ2) is 14.0. The fraction of sp³-hybridized carbons (Fsp3) is 0.371. The first kappa shape index (κ1) is 30.5. The van der Waals surface area contributed by atoms with Crippen LogP contribution in [0.15, 0.2) is 60.7 Å². The van der Waals surface area contributed by atoms with Crippen LogP contribution in [0.4, 0.5) is 0 Å². The topological polar surface area (TPSA) is 87.6 Å². The van der Waals surface area contributed by atoms with E-state index in [4.69, 9.17) is 38.4 Å². The highest BCUT2D eigenvalue weighted by Gasteiger charge is 2.25. The molecule has 4 heterocycles. The molecule has 10 heteroatoms. The van der Waals surface area contributed by atoms with Crippen molar-refractivity contribution in [2.24, 2.45) is 0 Å². The van der Waals surface area contributed by atoms with E-state index in [1.807, 2.05) is 36.4 Å². The molecule has 0 bridgehead atoms. The summed E-state index contributed by atoms with van der Waals surface area (Å²) in [6, 6.07) is 20.4. The van der Waals surface area contributed by atoms with Crippen molar-refractivity contribution < 1.29 is 28.4 Å². The van der Waals surface area contributed by atoms with Crippen LogP contribution in [0.1, 0.15) is 40.1 Å². The molecule has 4 aromatic rings. The Morgan fingerprint density at radius 1 is 0.556 bits per heavy atom. The van der Waals surface area contributed by atoms with E-state index in [9.17, 15) is 0 Å². The lowest BCUT2D eigenvalue weighted by molar-refractivity contribution is 0.223. The highest BCUT2D eigenvalue weighted by Crippen LogP contribution is 2.34. The predicted molar refractivity (Wildman–Crippen MR) is 169 cm³/mol. The van der Waals surface area contributed by atoms with E-state index in [1.54, 1.807) is 28.4 Å². The molecule has 2 aliphatic heterocycles. The number of fused-ring (bicyclic) bond motifs is 2. The van der Waals surface area contributed by atoms with E-state index in [-0.39, 0.29) is 0 Å². The molecular weight excluding hydrogens is 572 g/mol. The second-order valence-corrected chi connectivity index (χ2v) is 11.2. The molecule has 0 saturated carbocycles. The molecule has 0 fully saturated rings. The van der Waals surface area contributed by atoms with Crippen LogP contribution in [-0.4, -0.2) is 61.4 Å². The minimum Gasteiger partial charge on any atom is -0.497 e. The summed E-state index contributed by atoms with van der Waals surface area (Å²) in [5, 5.41) is 0. The molecule has 0 unspecified atom stereocenters. The molecule has 2 aromatic carbocycles. The quantitative estimate of drug-likeness (QED) is 0.173. The summed E-state index contributed by atoms with van der Waals surface area (Å²) in [5.41, 5.74) is 6.81. The Morgan fingerprint density at radius 3 is 1.36 bits per heavy atom. The number of hydrogen-bond acceptors (Lipinski definition) is 10. The highest BCUT2D eigenvalue weighted by atomic mass is 16.5. The van der Waals surface area contributed by atoms with Gasteiger partial charge in [0.2, 0.25) is 0 Å². The zero-order valence-corrected chi connectivity index (χ0v) is 26.4. The van der Waals surface area contributed by atoms with Gasteiger partial charge in [-0.05, 0) is 58.7 Å². The summed E-state index contributed by atoms with van der Waals surface area (Å²) < 4.78 is 33.9. The number of benzene rings is 2. The minimum atomic E-state index is 0.431. The lowest BCUT2D eigenvalue weighted by Gasteiger charge is -2.14. The van der Waals surface area contributed by atoms with Crippen LogP contribution in [-0.2, 0) is 39.3 Å². The van der Waals surface area contributed by atoms with Crippen LogP contribution in [0.2, 0.25) is 0 Å². The number of aromatic nitrogens is 2. The Hall–Kier alpha value is -4.54. The van der Waals surface area contributed by atoms with E-state index in [1.165, 1.54) is 11.1 Å². The molecule has 0 saturated heterocycles. The predicted octanol–water partition coefficient (Wildman–Crippen LogP) is 5.39. The van der Waals surface area contributed by atoms with E-state index < -0.39 is 0 Å². The van der Waals surface area contributed by atoms with Crippen molar-refractivity contribution in [2.75, 3.05) is 41.7 Å². The summed E-state index contributed by atoms with van der Waals surface area (Å²) in [7, 11) is 6.65. The van der Waals surface area contributed by atoms with Crippen LogP contribution in [0.5, 0.6) is 34.8 Å². The minimum absolute atomic E-state index is 0.431. The number of hydrogen-bond donors (Lipinski definition) is 0. The van der Waals surface area contributed by atoms with Crippen molar-refractivity contribution in [3.63, 3.8) is 0 Å². The van der Waals surface area contributed by atoms with Gasteiger partial charge in [0.15, 0.2) is 11.5 Å². The first-order chi connectivity index (χ1) is 22.0. The molecule has 0 spiro atoms. The van der Waals surface area contributed by atoms with Gasteiger partial charge in [0.05, 0.1) is 53.0 Å². The molecular formula is C35H40N4O6. The van der Waals surface area contributed by atoms with Crippen LogP contribution in [0.3, 0.4) is 0 Å². The maximum Gasteiger partial charge on any atom is 0.257 e. The fourth-order valence-electron chi connectivity index (χ4n) is 5.77. The molecule has 10 nitrogen and oxygen atoms in total. The largest absolute Gasteiger partial charge is 0.497 e. The van der Waals surface area contributed by atoms with Gasteiger partial charge in [-0.15, -0.1) is 0 Å². The molecule has 6 rings (SSSR count). The first-order valence-electron chi connectivity index (χ1n) is 15.1. The van der Waals surface area contributed by atoms with Gasteiger partial charge in [0.1, 0.15) is 11.5 Å². The van der Waals surface area contributed by atoms with E-state index >= 15 is 0 Å². The Balaban J connectivity index is 0.998. The van der Waals surface area contributed by atoms with Crippen molar-refractivity contribution in [3.8, 4) is 34.8 Å². The molecule has 0 aliphatic carbocycles. The van der Waals surface area contributed by atoms with Crippen molar-refractivity contribution >= 4 is 0 Å². The van der Waals surface area contributed by atoms with Gasteiger partial charge in [0, 0.05) is 45.7 Å². The van der Waals surface area contributed by atoms with Gasteiger partial charge < -0.3 is 28.4 Å². The molecule has 0 amide bonds. The smallest absolute Gasteiger partial charge is 0.257 e. The second-order valence-electron chi connectivity index (χ2n) is 11.2. The van der Waals surface area contributed by atoms with Gasteiger partial charge in [-0.1, -0.05) is 24.3 Å². The Bertz CT molecular complexity index is 1480. The van der Waals surface area contributed by atoms with E-state index in [0.29, 0.717) is 42.9 Å². The molecule has 0 atom stereocenters. The molecule has 2 aromatic heterocycles.